The zero-order valence-corrected chi connectivity index (χ0v) is 18.2. The van der Waals surface area contributed by atoms with Gasteiger partial charge in [0, 0.05) is 35.3 Å². The number of amides is 1. The Labute approximate surface area is 181 Å². The van der Waals surface area contributed by atoms with E-state index < -0.39 is 10.8 Å². The molecular weight excluding hydrogens is 396 g/mol. The molecule has 0 spiro atoms. The van der Waals surface area contributed by atoms with Crippen molar-refractivity contribution in [2.24, 2.45) is 0 Å². The van der Waals surface area contributed by atoms with E-state index in [-0.39, 0.29) is 17.3 Å². The average molecular weight is 427 g/mol. The highest BCUT2D eigenvalue weighted by Gasteiger charge is 2.24. The van der Waals surface area contributed by atoms with Crippen molar-refractivity contribution < 1.29 is 9.00 Å². The number of benzene rings is 1. The highest BCUT2D eigenvalue weighted by molar-refractivity contribution is 7.85. The first kappa shape index (κ1) is 20.9. The summed E-state index contributed by atoms with van der Waals surface area (Å²) in [5.41, 5.74) is 1.63. The smallest absolute Gasteiger partial charge is 0.253 e. The van der Waals surface area contributed by atoms with Crippen LogP contribution in [0.5, 0.6) is 0 Å². The molecule has 2 N–H and O–H groups in total. The van der Waals surface area contributed by atoms with E-state index in [0.717, 1.165) is 42.9 Å². The SMILES string of the molecule is CCCN1CCC(S(=O)c2ccc(CNC(=O)C3=CN4C=CNC4C=C3)cc2)CC1. The Bertz CT molecular complexity index is 870. The summed E-state index contributed by atoms with van der Waals surface area (Å²) in [4.78, 5) is 17.8. The lowest BCUT2D eigenvalue weighted by molar-refractivity contribution is -0.117. The van der Waals surface area contributed by atoms with Crippen molar-refractivity contribution in [3.8, 4) is 0 Å². The molecule has 0 bridgehead atoms. The molecule has 0 radical (unpaired) electrons. The highest BCUT2D eigenvalue weighted by Crippen LogP contribution is 2.22. The van der Waals surface area contributed by atoms with Crippen LogP contribution in [-0.4, -0.2) is 51.0 Å². The van der Waals surface area contributed by atoms with Crippen LogP contribution >= 0.6 is 0 Å². The average Bonchev–Trinajstić information content (AvgIpc) is 3.26. The van der Waals surface area contributed by atoms with Crippen LogP contribution in [0.3, 0.4) is 0 Å². The van der Waals surface area contributed by atoms with Crippen LogP contribution in [0, 0.1) is 0 Å². The number of rotatable bonds is 7. The van der Waals surface area contributed by atoms with Crippen LogP contribution in [-0.2, 0) is 22.1 Å². The molecule has 3 aliphatic heterocycles. The Morgan fingerprint density at radius 1 is 1.23 bits per heavy atom. The number of hydrogen-bond acceptors (Lipinski definition) is 5. The first-order chi connectivity index (χ1) is 14.6. The van der Waals surface area contributed by atoms with Crippen LogP contribution in [0.4, 0.5) is 0 Å². The monoisotopic (exact) mass is 426 g/mol. The number of fused-ring (bicyclic) bond motifs is 1. The number of likely N-dealkylation sites (tertiary alicyclic amines) is 1. The van der Waals surface area contributed by atoms with Gasteiger partial charge in [0.1, 0.15) is 6.17 Å². The Morgan fingerprint density at radius 2 is 2.00 bits per heavy atom. The van der Waals surface area contributed by atoms with Gasteiger partial charge in [-0.1, -0.05) is 19.1 Å². The summed E-state index contributed by atoms with van der Waals surface area (Å²) in [5, 5.41) is 6.39. The fourth-order valence-corrected chi connectivity index (χ4v) is 5.53. The van der Waals surface area contributed by atoms with E-state index in [9.17, 15) is 9.00 Å². The molecule has 1 amide bonds. The van der Waals surface area contributed by atoms with E-state index in [4.69, 9.17) is 0 Å². The molecule has 0 saturated carbocycles. The first-order valence-corrected chi connectivity index (χ1v) is 12.0. The number of carbonyl (C=O) groups excluding carboxylic acids is 1. The second kappa shape index (κ2) is 9.62. The summed E-state index contributed by atoms with van der Waals surface area (Å²) in [6.45, 7) is 5.88. The van der Waals surface area contributed by atoms with Crippen molar-refractivity contribution in [1.29, 1.82) is 0 Å². The lowest BCUT2D eigenvalue weighted by Crippen LogP contribution is -2.37. The molecule has 2 unspecified atom stereocenters. The van der Waals surface area contributed by atoms with E-state index in [1.165, 1.54) is 6.42 Å². The molecule has 2 atom stereocenters. The van der Waals surface area contributed by atoms with E-state index in [1.54, 1.807) is 0 Å². The maximum absolute atomic E-state index is 12.9. The maximum atomic E-state index is 12.9. The molecule has 4 rings (SSSR count). The fourth-order valence-electron chi connectivity index (χ4n) is 4.10. The molecule has 7 heteroatoms. The quantitative estimate of drug-likeness (QED) is 0.701. The van der Waals surface area contributed by atoms with Crippen LogP contribution in [0.15, 0.2) is 65.5 Å². The van der Waals surface area contributed by atoms with Crippen LogP contribution < -0.4 is 10.6 Å². The largest absolute Gasteiger partial charge is 0.366 e. The van der Waals surface area contributed by atoms with Crippen molar-refractivity contribution in [3.63, 3.8) is 0 Å². The number of nitrogens with one attached hydrogen (secondary N) is 2. The van der Waals surface area contributed by atoms with Crippen molar-refractivity contribution >= 4 is 16.7 Å². The minimum Gasteiger partial charge on any atom is -0.366 e. The van der Waals surface area contributed by atoms with E-state index in [0.29, 0.717) is 12.1 Å². The van der Waals surface area contributed by atoms with Crippen molar-refractivity contribution in [1.82, 2.24) is 20.4 Å². The molecule has 0 aliphatic carbocycles. The van der Waals surface area contributed by atoms with Crippen molar-refractivity contribution in [2.45, 2.75) is 49.0 Å². The molecule has 1 fully saturated rings. The van der Waals surface area contributed by atoms with Gasteiger partial charge in [-0.15, -0.1) is 0 Å². The number of nitrogens with zero attached hydrogens (tertiary/aromatic N) is 2. The normalized spacial score (nSPS) is 22.4. The fraction of sp³-hybridized carbons (Fsp3) is 0.435. The molecule has 1 saturated heterocycles. The van der Waals surface area contributed by atoms with Crippen LogP contribution in [0.25, 0.3) is 0 Å². The molecule has 0 aromatic heterocycles. The second-order valence-electron chi connectivity index (χ2n) is 7.98. The molecule has 3 aliphatic rings. The molecule has 1 aromatic rings. The molecule has 30 heavy (non-hydrogen) atoms. The van der Waals surface area contributed by atoms with Crippen molar-refractivity contribution in [3.05, 3.63) is 66.2 Å². The summed E-state index contributed by atoms with van der Waals surface area (Å²) in [7, 11) is -0.966. The minimum atomic E-state index is -0.966. The van der Waals surface area contributed by atoms with Gasteiger partial charge >= 0.3 is 0 Å². The maximum Gasteiger partial charge on any atom is 0.253 e. The molecule has 3 heterocycles. The van der Waals surface area contributed by atoms with Gasteiger partial charge < -0.3 is 20.4 Å². The lowest BCUT2D eigenvalue weighted by Gasteiger charge is -2.31. The Hall–Kier alpha value is -2.38. The molecule has 6 nitrogen and oxygen atoms in total. The van der Waals surface area contributed by atoms with Gasteiger partial charge in [0.15, 0.2) is 0 Å². The standard InChI is InChI=1S/C23H30N4O2S/c1-2-12-26-13-9-21(10-14-26)30(29)20-6-3-18(4-7-20)16-25-23(28)19-5-8-22-24-11-15-27(22)17-19/h3-8,11,15,17,21-22,24H,2,9-10,12-14,16H2,1H3,(H,25,28). The molecule has 1 aromatic carbocycles. The van der Waals surface area contributed by atoms with Crippen LogP contribution in [0.1, 0.15) is 31.7 Å². The second-order valence-corrected chi connectivity index (χ2v) is 9.72. The van der Waals surface area contributed by atoms with Gasteiger partial charge in [0.25, 0.3) is 5.91 Å². The Balaban J connectivity index is 1.28. The minimum absolute atomic E-state index is 0.100. The van der Waals surface area contributed by atoms with Crippen molar-refractivity contribution in [2.75, 3.05) is 19.6 Å². The Morgan fingerprint density at radius 3 is 2.73 bits per heavy atom. The summed E-state index contributed by atoms with van der Waals surface area (Å²) in [6, 6.07) is 7.82. The molecule has 160 valence electrons. The number of carbonyl (C=O) groups is 1. The third-order valence-electron chi connectivity index (χ3n) is 5.83. The zero-order chi connectivity index (χ0) is 20.9. The third kappa shape index (κ3) is 4.84. The predicted molar refractivity (Wildman–Crippen MR) is 120 cm³/mol. The number of piperidine rings is 1. The van der Waals surface area contributed by atoms with Gasteiger partial charge in [0.05, 0.1) is 16.4 Å². The van der Waals surface area contributed by atoms with Gasteiger partial charge in [-0.2, -0.15) is 0 Å². The lowest BCUT2D eigenvalue weighted by atomic mass is 10.1. The summed E-state index contributed by atoms with van der Waals surface area (Å²) >= 11 is 0. The van der Waals surface area contributed by atoms with Crippen LogP contribution in [0.2, 0.25) is 0 Å². The van der Waals surface area contributed by atoms with E-state index in [2.05, 4.69) is 22.5 Å². The Kier molecular flexibility index (Phi) is 6.69. The molecular formula is C23H30N4O2S. The van der Waals surface area contributed by atoms with Gasteiger partial charge in [-0.3, -0.25) is 9.00 Å². The topological polar surface area (TPSA) is 64.7 Å². The van der Waals surface area contributed by atoms with E-state index in [1.807, 2.05) is 59.9 Å². The van der Waals surface area contributed by atoms with Gasteiger partial charge in [-0.05, 0) is 68.7 Å². The number of hydrogen-bond donors (Lipinski definition) is 2. The van der Waals surface area contributed by atoms with Gasteiger partial charge in [0.2, 0.25) is 0 Å². The third-order valence-corrected chi connectivity index (χ3v) is 7.64. The predicted octanol–water partition coefficient (Wildman–Crippen LogP) is 2.44. The highest BCUT2D eigenvalue weighted by atomic mass is 32.2. The summed E-state index contributed by atoms with van der Waals surface area (Å²) in [5.74, 6) is -0.100. The summed E-state index contributed by atoms with van der Waals surface area (Å²) in [6.07, 6.45) is 12.7. The zero-order valence-electron chi connectivity index (χ0n) is 17.4. The summed E-state index contributed by atoms with van der Waals surface area (Å²) < 4.78 is 12.9. The first-order valence-electron chi connectivity index (χ1n) is 10.7. The van der Waals surface area contributed by atoms with Gasteiger partial charge in [-0.25, -0.2) is 0 Å². The van der Waals surface area contributed by atoms with E-state index >= 15 is 0 Å².